The SMILES string of the molecule is CCCC[C@@H]1C[C@@H]1[C@H](NP(=O)(c1ccccc1)c1ccccc1)c1ccccc1. The van der Waals surface area contributed by atoms with E-state index in [9.17, 15) is 4.57 Å². The summed E-state index contributed by atoms with van der Waals surface area (Å²) in [5.41, 5.74) is 1.24. The van der Waals surface area contributed by atoms with Crippen LogP contribution >= 0.6 is 7.29 Å². The second kappa shape index (κ2) is 9.11. The first-order chi connectivity index (χ1) is 14.2. The van der Waals surface area contributed by atoms with Gasteiger partial charge in [-0.2, -0.15) is 0 Å². The predicted octanol–water partition coefficient (Wildman–Crippen LogP) is 6.07. The molecule has 0 unspecified atom stereocenters. The van der Waals surface area contributed by atoms with Gasteiger partial charge >= 0.3 is 0 Å². The number of rotatable bonds is 9. The second-order valence-electron chi connectivity index (χ2n) is 8.10. The molecule has 0 bridgehead atoms. The minimum atomic E-state index is -2.96. The van der Waals surface area contributed by atoms with Gasteiger partial charge in [-0.25, -0.2) is 0 Å². The van der Waals surface area contributed by atoms with Crippen molar-refractivity contribution in [2.75, 3.05) is 0 Å². The number of hydrogen-bond donors (Lipinski definition) is 1. The summed E-state index contributed by atoms with van der Waals surface area (Å²) in [7, 11) is -2.96. The fourth-order valence-corrected chi connectivity index (χ4v) is 6.84. The Hall–Kier alpha value is -2.15. The number of nitrogens with one attached hydrogen (secondary N) is 1. The molecular formula is C26H30NOP. The van der Waals surface area contributed by atoms with Crippen LogP contribution in [0.5, 0.6) is 0 Å². The van der Waals surface area contributed by atoms with Crippen molar-refractivity contribution in [2.45, 2.75) is 38.6 Å². The van der Waals surface area contributed by atoms with Crippen molar-refractivity contribution in [3.05, 3.63) is 96.6 Å². The third kappa shape index (κ3) is 4.55. The zero-order valence-corrected chi connectivity index (χ0v) is 18.0. The molecule has 150 valence electrons. The van der Waals surface area contributed by atoms with E-state index < -0.39 is 7.29 Å². The van der Waals surface area contributed by atoms with Gasteiger partial charge in [-0.05, 0) is 48.1 Å². The molecule has 3 aromatic carbocycles. The van der Waals surface area contributed by atoms with Crippen LogP contribution in [-0.2, 0) is 4.57 Å². The Bertz CT molecular complexity index is 899. The number of unbranched alkanes of at least 4 members (excludes halogenated alkanes) is 1. The molecule has 0 spiro atoms. The standard InChI is InChI=1S/C26H30NOP/c1-2-3-13-22-20-25(22)26(21-14-7-4-8-15-21)27-29(28,23-16-9-5-10-17-23)24-18-11-6-12-19-24/h4-12,14-19,22,25-26H,2-3,13,20H2,1H3,(H,27,28)/t22-,25+,26-/m1/s1. The van der Waals surface area contributed by atoms with E-state index in [0.29, 0.717) is 5.92 Å². The highest BCUT2D eigenvalue weighted by Gasteiger charge is 2.45. The van der Waals surface area contributed by atoms with Gasteiger partial charge in [-0.3, -0.25) is 9.65 Å². The minimum absolute atomic E-state index is 0.101. The van der Waals surface area contributed by atoms with Crippen LogP contribution in [0.3, 0.4) is 0 Å². The van der Waals surface area contributed by atoms with Gasteiger partial charge in [-0.1, -0.05) is 92.9 Å². The van der Waals surface area contributed by atoms with Gasteiger partial charge in [0.1, 0.15) is 0 Å². The molecule has 1 aliphatic rings. The molecule has 3 aromatic rings. The van der Waals surface area contributed by atoms with Crippen molar-refractivity contribution in [3.63, 3.8) is 0 Å². The molecule has 1 aliphatic carbocycles. The molecule has 3 atom stereocenters. The molecule has 0 aliphatic heterocycles. The van der Waals surface area contributed by atoms with E-state index in [4.69, 9.17) is 0 Å². The van der Waals surface area contributed by atoms with Crippen molar-refractivity contribution >= 4 is 17.9 Å². The number of hydrogen-bond acceptors (Lipinski definition) is 1. The van der Waals surface area contributed by atoms with Crippen LogP contribution in [0.25, 0.3) is 0 Å². The van der Waals surface area contributed by atoms with E-state index in [1.807, 2.05) is 60.7 Å². The highest BCUT2D eigenvalue weighted by Crippen LogP contribution is 2.54. The fraction of sp³-hybridized carbons (Fsp3) is 0.308. The van der Waals surface area contributed by atoms with Crippen LogP contribution in [0.2, 0.25) is 0 Å². The van der Waals surface area contributed by atoms with E-state index in [0.717, 1.165) is 16.5 Å². The Kier molecular flexibility index (Phi) is 6.33. The van der Waals surface area contributed by atoms with E-state index in [2.05, 4.69) is 42.3 Å². The molecule has 0 saturated heterocycles. The van der Waals surface area contributed by atoms with Crippen LogP contribution in [0.1, 0.15) is 44.2 Å². The third-order valence-electron chi connectivity index (χ3n) is 6.05. The first-order valence-corrected chi connectivity index (χ1v) is 12.5. The zero-order chi connectivity index (χ0) is 20.1. The highest BCUT2D eigenvalue weighted by molar-refractivity contribution is 7.76. The van der Waals surface area contributed by atoms with Gasteiger partial charge in [-0.15, -0.1) is 0 Å². The Morgan fingerprint density at radius 3 is 1.90 bits per heavy atom. The van der Waals surface area contributed by atoms with Gasteiger partial charge < -0.3 is 0 Å². The van der Waals surface area contributed by atoms with Gasteiger partial charge in [0.05, 0.1) is 0 Å². The summed E-state index contributed by atoms with van der Waals surface area (Å²) in [5, 5.41) is 5.45. The van der Waals surface area contributed by atoms with Crippen molar-refractivity contribution in [2.24, 2.45) is 11.8 Å². The van der Waals surface area contributed by atoms with Crippen molar-refractivity contribution in [3.8, 4) is 0 Å². The molecule has 0 amide bonds. The van der Waals surface area contributed by atoms with Gasteiger partial charge in [0.2, 0.25) is 7.29 Å². The van der Waals surface area contributed by atoms with Crippen LogP contribution in [0, 0.1) is 11.8 Å². The second-order valence-corrected chi connectivity index (χ2v) is 10.6. The predicted molar refractivity (Wildman–Crippen MR) is 123 cm³/mol. The lowest BCUT2D eigenvalue weighted by atomic mass is 10.0. The minimum Gasteiger partial charge on any atom is -0.297 e. The highest BCUT2D eigenvalue weighted by atomic mass is 31.2. The molecule has 3 heteroatoms. The summed E-state index contributed by atoms with van der Waals surface area (Å²) in [6.07, 6.45) is 5.00. The maximum Gasteiger partial charge on any atom is 0.205 e. The summed E-state index contributed by atoms with van der Waals surface area (Å²) in [4.78, 5) is 0. The Labute approximate surface area is 174 Å². The first-order valence-electron chi connectivity index (χ1n) is 10.8. The summed E-state index contributed by atoms with van der Waals surface area (Å²) < 4.78 is 14.5. The normalized spacial score (nSPS) is 19.6. The van der Waals surface area contributed by atoms with Gasteiger partial charge in [0.15, 0.2) is 0 Å². The maximum absolute atomic E-state index is 14.5. The Morgan fingerprint density at radius 2 is 1.38 bits per heavy atom. The molecule has 0 aromatic heterocycles. The van der Waals surface area contributed by atoms with Crippen LogP contribution in [-0.4, -0.2) is 0 Å². The first kappa shape index (κ1) is 20.1. The topological polar surface area (TPSA) is 29.1 Å². The smallest absolute Gasteiger partial charge is 0.205 e. The van der Waals surface area contributed by atoms with E-state index >= 15 is 0 Å². The van der Waals surface area contributed by atoms with Gasteiger partial charge in [0, 0.05) is 16.7 Å². The Balaban J connectivity index is 1.71. The zero-order valence-electron chi connectivity index (χ0n) is 17.1. The lowest BCUT2D eigenvalue weighted by Crippen LogP contribution is -2.32. The molecule has 1 fully saturated rings. The van der Waals surface area contributed by atoms with Crippen molar-refractivity contribution < 1.29 is 4.57 Å². The molecule has 2 nitrogen and oxygen atoms in total. The monoisotopic (exact) mass is 403 g/mol. The third-order valence-corrected chi connectivity index (χ3v) is 8.75. The van der Waals surface area contributed by atoms with Gasteiger partial charge in [0.25, 0.3) is 0 Å². The average molecular weight is 404 g/mol. The van der Waals surface area contributed by atoms with E-state index in [-0.39, 0.29) is 6.04 Å². The molecule has 1 saturated carbocycles. The Morgan fingerprint density at radius 1 is 0.862 bits per heavy atom. The van der Waals surface area contributed by atoms with Crippen molar-refractivity contribution in [1.82, 2.24) is 5.09 Å². The molecule has 0 heterocycles. The number of benzene rings is 3. The van der Waals surface area contributed by atoms with E-state index in [1.165, 1.54) is 31.2 Å². The van der Waals surface area contributed by atoms with Crippen molar-refractivity contribution in [1.29, 1.82) is 0 Å². The molecule has 0 radical (unpaired) electrons. The maximum atomic E-state index is 14.5. The molecular weight excluding hydrogens is 373 g/mol. The van der Waals surface area contributed by atoms with E-state index in [1.54, 1.807) is 0 Å². The van der Waals surface area contributed by atoms with Crippen LogP contribution in [0.15, 0.2) is 91.0 Å². The lowest BCUT2D eigenvalue weighted by molar-refractivity contribution is 0.496. The lowest BCUT2D eigenvalue weighted by Gasteiger charge is -2.28. The molecule has 29 heavy (non-hydrogen) atoms. The summed E-state index contributed by atoms with van der Waals surface area (Å²) in [6, 6.07) is 30.5. The molecule has 4 rings (SSSR count). The summed E-state index contributed by atoms with van der Waals surface area (Å²) in [5.74, 6) is 1.28. The quantitative estimate of drug-likeness (QED) is 0.439. The summed E-state index contributed by atoms with van der Waals surface area (Å²) in [6.45, 7) is 2.25. The average Bonchev–Trinajstić information content (AvgIpc) is 3.57. The molecule has 1 N–H and O–H groups in total. The largest absolute Gasteiger partial charge is 0.297 e. The van der Waals surface area contributed by atoms with Crippen LogP contribution in [0.4, 0.5) is 0 Å². The fourth-order valence-electron chi connectivity index (χ4n) is 4.33. The van der Waals surface area contributed by atoms with Crippen LogP contribution < -0.4 is 15.7 Å². The summed E-state index contributed by atoms with van der Waals surface area (Å²) >= 11 is 0.